The molecule has 0 aromatic carbocycles. The van der Waals surface area contributed by atoms with E-state index in [0.717, 1.165) is 0 Å². The van der Waals surface area contributed by atoms with Crippen LogP contribution in [0.5, 0.6) is 0 Å². The predicted octanol–water partition coefficient (Wildman–Crippen LogP) is 3.73. The molecule has 0 aliphatic heterocycles. The summed E-state index contributed by atoms with van der Waals surface area (Å²) in [7, 11) is 2.20. The second-order valence-corrected chi connectivity index (χ2v) is 4.29. The van der Waals surface area contributed by atoms with Crippen molar-refractivity contribution in [1.29, 1.82) is 0 Å². The van der Waals surface area contributed by atoms with Gasteiger partial charge in [-0.2, -0.15) is 0 Å². The van der Waals surface area contributed by atoms with E-state index < -0.39 is 0 Å². The van der Waals surface area contributed by atoms with Crippen LogP contribution in [-0.2, 0) is 0 Å². The summed E-state index contributed by atoms with van der Waals surface area (Å²) >= 11 is 0. The van der Waals surface area contributed by atoms with Crippen molar-refractivity contribution in [1.82, 2.24) is 4.90 Å². The molecular weight excluding hydrogens is 170 g/mol. The molecule has 0 bridgehead atoms. The third-order valence-electron chi connectivity index (χ3n) is 2.82. The fourth-order valence-corrected chi connectivity index (χ4v) is 1.83. The molecule has 0 aromatic rings. The molecular formula is C13H23N. The first kappa shape index (κ1) is 11.4. The van der Waals surface area contributed by atoms with Crippen molar-refractivity contribution < 1.29 is 0 Å². The Labute approximate surface area is 88.5 Å². The third kappa shape index (κ3) is 3.57. The molecule has 14 heavy (non-hydrogen) atoms. The maximum Gasteiger partial charge on any atom is 0.0322 e. The van der Waals surface area contributed by atoms with Crippen molar-refractivity contribution >= 4 is 0 Å². The average Bonchev–Trinajstić information content (AvgIpc) is 2.18. The summed E-state index contributed by atoms with van der Waals surface area (Å²) in [6.07, 6.45) is 11.1. The van der Waals surface area contributed by atoms with Crippen LogP contribution in [-0.4, -0.2) is 18.5 Å². The van der Waals surface area contributed by atoms with Gasteiger partial charge in [0.05, 0.1) is 0 Å². The molecule has 0 atom stereocenters. The molecule has 0 heterocycles. The van der Waals surface area contributed by atoms with Crippen molar-refractivity contribution in [3.05, 3.63) is 23.4 Å². The van der Waals surface area contributed by atoms with E-state index in [2.05, 4.69) is 37.9 Å². The first-order valence-electron chi connectivity index (χ1n) is 5.82. The fourth-order valence-electron chi connectivity index (χ4n) is 1.83. The zero-order valence-corrected chi connectivity index (χ0v) is 9.84. The van der Waals surface area contributed by atoms with Crippen molar-refractivity contribution in [2.24, 2.45) is 0 Å². The first-order valence-corrected chi connectivity index (χ1v) is 5.82. The predicted molar refractivity (Wildman–Crippen MR) is 63.2 cm³/mol. The maximum absolute atomic E-state index is 2.39. The summed E-state index contributed by atoms with van der Waals surface area (Å²) in [4.78, 5) is 2.39. The lowest BCUT2D eigenvalue weighted by Crippen LogP contribution is -2.19. The van der Waals surface area contributed by atoms with Crippen molar-refractivity contribution in [3.63, 3.8) is 0 Å². The Morgan fingerprint density at radius 2 is 2.14 bits per heavy atom. The van der Waals surface area contributed by atoms with Crippen LogP contribution in [0.15, 0.2) is 23.4 Å². The Balaban J connectivity index is 2.36. The minimum absolute atomic E-state index is 1.20. The van der Waals surface area contributed by atoms with Gasteiger partial charge in [-0.05, 0) is 32.3 Å². The smallest absolute Gasteiger partial charge is 0.0322 e. The van der Waals surface area contributed by atoms with E-state index in [1.54, 1.807) is 0 Å². The Morgan fingerprint density at radius 1 is 1.36 bits per heavy atom. The molecule has 1 rings (SSSR count). The van der Waals surface area contributed by atoms with Gasteiger partial charge in [0, 0.05) is 19.3 Å². The summed E-state index contributed by atoms with van der Waals surface area (Å²) in [5.41, 5.74) is 2.94. The molecule has 0 fully saturated rings. The topological polar surface area (TPSA) is 3.24 Å². The van der Waals surface area contributed by atoms with Crippen LogP contribution in [0.25, 0.3) is 0 Å². The second-order valence-electron chi connectivity index (χ2n) is 4.29. The molecule has 0 unspecified atom stereocenters. The Morgan fingerprint density at radius 3 is 2.79 bits per heavy atom. The minimum Gasteiger partial charge on any atom is -0.375 e. The number of rotatable bonds is 5. The standard InChI is InChI=1S/C13H23N/c1-4-5-6-10-14(3)13-9-7-8-12(2)11-13/h9,11H,4-8,10H2,1-3H3. The molecule has 0 radical (unpaired) electrons. The lowest BCUT2D eigenvalue weighted by atomic mass is 10.0. The van der Waals surface area contributed by atoms with Gasteiger partial charge >= 0.3 is 0 Å². The van der Waals surface area contributed by atoms with Crippen molar-refractivity contribution in [2.45, 2.75) is 46.0 Å². The number of likely N-dealkylation sites (N-methyl/N-ethyl adjacent to an activating group) is 1. The van der Waals surface area contributed by atoms with E-state index in [0.29, 0.717) is 0 Å². The van der Waals surface area contributed by atoms with Crippen LogP contribution in [0.4, 0.5) is 0 Å². The van der Waals surface area contributed by atoms with Gasteiger partial charge in [-0.1, -0.05) is 31.4 Å². The van der Waals surface area contributed by atoms with E-state index in [4.69, 9.17) is 0 Å². The number of hydrogen-bond acceptors (Lipinski definition) is 1. The molecule has 0 amide bonds. The number of nitrogens with zero attached hydrogens (tertiary/aromatic N) is 1. The van der Waals surface area contributed by atoms with Gasteiger partial charge in [0.1, 0.15) is 0 Å². The SMILES string of the molecule is CCCCCN(C)C1=CCCC(C)=C1. The summed E-state index contributed by atoms with van der Waals surface area (Å²) in [6.45, 7) is 5.68. The summed E-state index contributed by atoms with van der Waals surface area (Å²) in [5.74, 6) is 0. The molecule has 0 spiro atoms. The van der Waals surface area contributed by atoms with Crippen LogP contribution in [0.3, 0.4) is 0 Å². The van der Waals surface area contributed by atoms with Gasteiger partial charge in [0.15, 0.2) is 0 Å². The van der Waals surface area contributed by atoms with Crippen molar-refractivity contribution in [2.75, 3.05) is 13.6 Å². The largest absolute Gasteiger partial charge is 0.375 e. The lowest BCUT2D eigenvalue weighted by Gasteiger charge is -2.23. The zero-order valence-electron chi connectivity index (χ0n) is 9.84. The average molecular weight is 193 g/mol. The molecule has 1 aliphatic rings. The van der Waals surface area contributed by atoms with Gasteiger partial charge in [-0.3, -0.25) is 0 Å². The molecule has 1 heteroatoms. The Kier molecular flexibility index (Phi) is 4.78. The van der Waals surface area contributed by atoms with Gasteiger partial charge in [-0.25, -0.2) is 0 Å². The van der Waals surface area contributed by atoms with E-state index >= 15 is 0 Å². The van der Waals surface area contributed by atoms with Crippen LogP contribution in [0.1, 0.15) is 46.0 Å². The fraction of sp³-hybridized carbons (Fsp3) is 0.692. The highest BCUT2D eigenvalue weighted by Gasteiger charge is 2.05. The molecule has 0 saturated carbocycles. The molecule has 0 N–H and O–H groups in total. The highest BCUT2D eigenvalue weighted by Crippen LogP contribution is 2.18. The van der Waals surface area contributed by atoms with Gasteiger partial charge in [0.25, 0.3) is 0 Å². The van der Waals surface area contributed by atoms with E-state index in [9.17, 15) is 0 Å². The van der Waals surface area contributed by atoms with Crippen LogP contribution in [0.2, 0.25) is 0 Å². The minimum atomic E-state index is 1.20. The quantitative estimate of drug-likeness (QED) is 0.601. The van der Waals surface area contributed by atoms with Crippen LogP contribution in [0, 0.1) is 0 Å². The number of unbranched alkanes of at least 4 members (excludes halogenated alkanes) is 2. The van der Waals surface area contributed by atoms with E-state index in [1.165, 1.54) is 49.9 Å². The van der Waals surface area contributed by atoms with E-state index in [-0.39, 0.29) is 0 Å². The molecule has 0 saturated heterocycles. The highest BCUT2D eigenvalue weighted by atomic mass is 15.1. The summed E-state index contributed by atoms with van der Waals surface area (Å²) < 4.78 is 0. The Bertz CT molecular complexity index is 225. The maximum atomic E-state index is 2.39. The summed E-state index contributed by atoms with van der Waals surface area (Å²) in [5, 5.41) is 0. The number of hydrogen-bond donors (Lipinski definition) is 0. The van der Waals surface area contributed by atoms with Crippen LogP contribution < -0.4 is 0 Å². The number of allylic oxidation sites excluding steroid dienone is 3. The van der Waals surface area contributed by atoms with Gasteiger partial charge in [-0.15, -0.1) is 0 Å². The van der Waals surface area contributed by atoms with Gasteiger partial charge in [0.2, 0.25) is 0 Å². The van der Waals surface area contributed by atoms with Gasteiger partial charge < -0.3 is 4.90 Å². The highest BCUT2D eigenvalue weighted by molar-refractivity contribution is 5.25. The normalized spacial score (nSPS) is 16.2. The molecule has 0 aromatic heterocycles. The molecule has 1 aliphatic carbocycles. The second kappa shape index (κ2) is 5.90. The zero-order chi connectivity index (χ0) is 10.4. The summed E-state index contributed by atoms with van der Waals surface area (Å²) in [6, 6.07) is 0. The molecule has 80 valence electrons. The first-order chi connectivity index (χ1) is 6.74. The van der Waals surface area contributed by atoms with E-state index in [1.807, 2.05) is 0 Å². The monoisotopic (exact) mass is 193 g/mol. The Hall–Kier alpha value is -0.720. The molecule has 1 nitrogen and oxygen atoms in total. The van der Waals surface area contributed by atoms with Crippen molar-refractivity contribution in [3.8, 4) is 0 Å². The third-order valence-corrected chi connectivity index (χ3v) is 2.82. The lowest BCUT2D eigenvalue weighted by molar-refractivity contribution is 0.409. The van der Waals surface area contributed by atoms with Crippen LogP contribution >= 0.6 is 0 Å².